The summed E-state index contributed by atoms with van der Waals surface area (Å²) in [5, 5.41) is 21.9. The first kappa shape index (κ1) is 18.7. The molecule has 0 atom stereocenters. The number of aliphatic hydroxyl groups is 2. The van der Waals surface area contributed by atoms with Crippen LogP contribution in [0.4, 0.5) is 0 Å². The van der Waals surface area contributed by atoms with Gasteiger partial charge in [-0.3, -0.25) is 0 Å². The predicted octanol–water partition coefficient (Wildman–Crippen LogP) is 4.98. The molecule has 0 amide bonds. The molecular formula is C22H30O2. The Morgan fingerprint density at radius 2 is 0.833 bits per heavy atom. The Balaban J connectivity index is 0.00000100. The van der Waals surface area contributed by atoms with Crippen LogP contribution in [0.15, 0.2) is 48.5 Å². The highest BCUT2D eigenvalue weighted by Crippen LogP contribution is 2.45. The van der Waals surface area contributed by atoms with Gasteiger partial charge in [-0.1, -0.05) is 73.5 Å². The summed E-state index contributed by atoms with van der Waals surface area (Å²) < 4.78 is 0. The van der Waals surface area contributed by atoms with E-state index in [2.05, 4.69) is 0 Å². The van der Waals surface area contributed by atoms with E-state index >= 15 is 0 Å². The second-order valence-electron chi connectivity index (χ2n) is 6.80. The van der Waals surface area contributed by atoms with Gasteiger partial charge in [0.2, 0.25) is 0 Å². The fraction of sp³-hybridized carbons (Fsp3) is 0.455. The van der Waals surface area contributed by atoms with Crippen molar-refractivity contribution in [3.05, 3.63) is 70.8 Å². The summed E-state index contributed by atoms with van der Waals surface area (Å²) in [7, 11) is 0. The molecule has 0 spiro atoms. The minimum atomic E-state index is -0.815. The predicted molar refractivity (Wildman–Crippen MR) is 100.0 cm³/mol. The van der Waals surface area contributed by atoms with Crippen molar-refractivity contribution in [2.75, 3.05) is 0 Å². The first-order chi connectivity index (χ1) is 11.4. The van der Waals surface area contributed by atoms with Gasteiger partial charge in [-0.2, -0.15) is 0 Å². The van der Waals surface area contributed by atoms with Gasteiger partial charge < -0.3 is 10.2 Å². The van der Waals surface area contributed by atoms with Crippen LogP contribution < -0.4 is 0 Å². The molecule has 2 N–H and O–H groups in total. The van der Waals surface area contributed by atoms with Gasteiger partial charge in [0.15, 0.2) is 0 Å². The summed E-state index contributed by atoms with van der Waals surface area (Å²) in [5.74, 6) is 0. The summed E-state index contributed by atoms with van der Waals surface area (Å²) in [5.41, 5.74) is 2.68. The Labute approximate surface area is 146 Å². The van der Waals surface area contributed by atoms with Crippen molar-refractivity contribution in [2.24, 2.45) is 0 Å². The first-order valence-electron chi connectivity index (χ1n) is 9.00. The molecule has 0 aromatic heterocycles. The third-order valence-corrected chi connectivity index (χ3v) is 5.08. The van der Waals surface area contributed by atoms with Crippen LogP contribution in [-0.2, 0) is 11.2 Å². The molecule has 0 aliphatic heterocycles. The number of benzene rings is 2. The number of hydrogen-bond donors (Lipinski definition) is 2. The summed E-state index contributed by atoms with van der Waals surface area (Å²) in [6, 6.07) is 16.2. The average Bonchev–Trinajstić information content (AvgIpc) is 2.61. The van der Waals surface area contributed by atoms with Crippen molar-refractivity contribution in [3.8, 4) is 0 Å². The van der Waals surface area contributed by atoms with Crippen molar-refractivity contribution in [1.29, 1.82) is 0 Å². The molecule has 3 rings (SSSR count). The number of aryl methyl sites for hydroxylation is 2. The molecule has 1 fully saturated rings. The van der Waals surface area contributed by atoms with Crippen molar-refractivity contribution < 1.29 is 10.2 Å². The minimum Gasteiger partial charge on any atom is -0.385 e. The monoisotopic (exact) mass is 326 g/mol. The molecule has 0 saturated heterocycles. The van der Waals surface area contributed by atoms with Crippen LogP contribution in [0.3, 0.4) is 0 Å². The second-order valence-corrected chi connectivity index (χ2v) is 6.80. The fourth-order valence-corrected chi connectivity index (χ4v) is 3.38. The van der Waals surface area contributed by atoms with Gasteiger partial charge in [0, 0.05) is 0 Å². The molecule has 1 saturated carbocycles. The molecule has 1 aliphatic rings. The van der Waals surface area contributed by atoms with Crippen LogP contribution in [-0.4, -0.2) is 10.2 Å². The Morgan fingerprint density at radius 3 is 1.08 bits per heavy atom. The van der Waals surface area contributed by atoms with Crippen LogP contribution >= 0.6 is 0 Å². The second kappa shape index (κ2) is 7.50. The maximum Gasteiger partial charge on any atom is 0.0899 e. The van der Waals surface area contributed by atoms with E-state index in [1.54, 1.807) is 0 Å². The van der Waals surface area contributed by atoms with Crippen LogP contribution in [0, 0.1) is 13.8 Å². The zero-order valence-corrected chi connectivity index (χ0v) is 15.3. The maximum atomic E-state index is 10.9. The van der Waals surface area contributed by atoms with Crippen LogP contribution in [0.5, 0.6) is 0 Å². The molecule has 0 unspecified atom stereocenters. The Morgan fingerprint density at radius 1 is 0.583 bits per heavy atom. The average molecular weight is 326 g/mol. The molecule has 0 heterocycles. The highest BCUT2D eigenvalue weighted by atomic mass is 16.3. The minimum absolute atomic E-state index is 0.584. The third-order valence-electron chi connectivity index (χ3n) is 5.08. The van der Waals surface area contributed by atoms with Gasteiger partial charge in [-0.05, 0) is 50.7 Å². The van der Waals surface area contributed by atoms with Crippen molar-refractivity contribution in [3.63, 3.8) is 0 Å². The summed E-state index contributed by atoms with van der Waals surface area (Å²) in [6.07, 6.45) is 2.34. The summed E-state index contributed by atoms with van der Waals surface area (Å²) in [6.45, 7) is 8.09. The molecular weight excluding hydrogens is 296 g/mol. The molecule has 0 radical (unpaired) electrons. The van der Waals surface area contributed by atoms with E-state index in [1.807, 2.05) is 76.2 Å². The Bertz CT molecular complexity index is 573. The van der Waals surface area contributed by atoms with E-state index in [1.165, 1.54) is 11.1 Å². The fourth-order valence-electron chi connectivity index (χ4n) is 3.38. The molecule has 0 bridgehead atoms. The standard InChI is InChI=1S/C20H24O2.C2H6/c1-15-3-7-17(8-4-15)19(21)11-13-20(22,14-12-19)18-9-5-16(2)6-10-18;1-2/h3-10,21-22H,11-14H2,1-2H3;1-2H3. The maximum absolute atomic E-state index is 10.9. The SMILES string of the molecule is CC.Cc1ccc(C2(O)CCC(O)(c3ccc(C)cc3)CC2)cc1. The number of hydrogen-bond acceptors (Lipinski definition) is 2. The lowest BCUT2D eigenvalue weighted by atomic mass is 9.70. The van der Waals surface area contributed by atoms with E-state index in [4.69, 9.17) is 0 Å². The number of rotatable bonds is 2. The highest BCUT2D eigenvalue weighted by molar-refractivity contribution is 5.30. The largest absolute Gasteiger partial charge is 0.385 e. The molecule has 130 valence electrons. The lowest BCUT2D eigenvalue weighted by Gasteiger charge is -2.41. The Kier molecular flexibility index (Phi) is 5.84. The smallest absolute Gasteiger partial charge is 0.0899 e. The van der Waals surface area contributed by atoms with Crippen molar-refractivity contribution >= 4 is 0 Å². The van der Waals surface area contributed by atoms with E-state index < -0.39 is 11.2 Å². The van der Waals surface area contributed by atoms with E-state index in [0.29, 0.717) is 25.7 Å². The van der Waals surface area contributed by atoms with Gasteiger partial charge in [0.25, 0.3) is 0 Å². The highest BCUT2D eigenvalue weighted by Gasteiger charge is 2.42. The van der Waals surface area contributed by atoms with Crippen LogP contribution in [0.2, 0.25) is 0 Å². The van der Waals surface area contributed by atoms with Crippen molar-refractivity contribution in [1.82, 2.24) is 0 Å². The van der Waals surface area contributed by atoms with Gasteiger partial charge in [-0.15, -0.1) is 0 Å². The van der Waals surface area contributed by atoms with E-state index in [-0.39, 0.29) is 0 Å². The van der Waals surface area contributed by atoms with Crippen LogP contribution in [0.25, 0.3) is 0 Å². The zero-order valence-electron chi connectivity index (χ0n) is 15.3. The molecule has 2 aromatic rings. The molecule has 2 heteroatoms. The van der Waals surface area contributed by atoms with Gasteiger partial charge in [-0.25, -0.2) is 0 Å². The first-order valence-corrected chi connectivity index (χ1v) is 9.00. The van der Waals surface area contributed by atoms with E-state index in [0.717, 1.165) is 11.1 Å². The summed E-state index contributed by atoms with van der Waals surface area (Å²) in [4.78, 5) is 0. The Hall–Kier alpha value is -1.64. The lowest BCUT2D eigenvalue weighted by Crippen LogP contribution is -2.39. The normalized spacial score (nSPS) is 26.4. The molecule has 2 aromatic carbocycles. The van der Waals surface area contributed by atoms with Gasteiger partial charge in [0.05, 0.1) is 11.2 Å². The molecule has 2 nitrogen and oxygen atoms in total. The van der Waals surface area contributed by atoms with E-state index in [9.17, 15) is 10.2 Å². The quantitative estimate of drug-likeness (QED) is 0.817. The summed E-state index contributed by atoms with van der Waals surface area (Å²) >= 11 is 0. The van der Waals surface area contributed by atoms with Crippen molar-refractivity contribution in [2.45, 2.75) is 64.6 Å². The van der Waals surface area contributed by atoms with Gasteiger partial charge in [0.1, 0.15) is 0 Å². The molecule has 24 heavy (non-hydrogen) atoms. The van der Waals surface area contributed by atoms with Crippen LogP contribution in [0.1, 0.15) is 61.8 Å². The molecule has 1 aliphatic carbocycles. The third kappa shape index (κ3) is 3.88. The van der Waals surface area contributed by atoms with Gasteiger partial charge >= 0.3 is 0 Å². The topological polar surface area (TPSA) is 40.5 Å². The lowest BCUT2D eigenvalue weighted by molar-refractivity contribution is -0.0883. The zero-order chi connectivity index (χ0) is 17.8.